The molecule has 0 fully saturated rings. The molecule has 0 atom stereocenters. The van der Waals surface area contributed by atoms with Gasteiger partial charge in [0.2, 0.25) is 0 Å². The highest BCUT2D eigenvalue weighted by Crippen LogP contribution is 2.15. The molecule has 4 nitrogen and oxygen atoms in total. The highest BCUT2D eigenvalue weighted by molar-refractivity contribution is 6.03. The molecule has 2 rings (SSSR count). The van der Waals surface area contributed by atoms with Crippen LogP contribution in [0.4, 0.5) is 0 Å². The Hall–Kier alpha value is -1.84. The summed E-state index contributed by atoms with van der Waals surface area (Å²) in [4.78, 5) is 23.3. The van der Waals surface area contributed by atoms with Gasteiger partial charge >= 0.3 is 11.9 Å². The third-order valence-corrected chi connectivity index (χ3v) is 2.36. The van der Waals surface area contributed by atoms with Crippen LogP contribution in [0.5, 0.6) is 0 Å². The molecule has 0 aliphatic carbocycles. The summed E-state index contributed by atoms with van der Waals surface area (Å²) in [6, 6.07) is 6.51. The second kappa shape index (κ2) is 4.35. The van der Waals surface area contributed by atoms with E-state index in [1.807, 2.05) is 6.92 Å². The van der Waals surface area contributed by atoms with E-state index in [1.54, 1.807) is 24.3 Å². The lowest BCUT2D eigenvalue weighted by Crippen LogP contribution is -2.14. The topological polar surface area (TPSA) is 52.6 Å². The summed E-state index contributed by atoms with van der Waals surface area (Å²) < 4.78 is 10.2. The van der Waals surface area contributed by atoms with E-state index in [1.165, 1.54) is 0 Å². The second-order valence-electron chi connectivity index (χ2n) is 3.85. The minimum Gasteiger partial charge on any atom is -0.462 e. The zero-order chi connectivity index (χ0) is 11.5. The van der Waals surface area contributed by atoms with Gasteiger partial charge < -0.3 is 9.47 Å². The van der Waals surface area contributed by atoms with Crippen LogP contribution in [0.15, 0.2) is 24.3 Å². The van der Waals surface area contributed by atoms with Gasteiger partial charge in [-0.1, -0.05) is 19.1 Å². The van der Waals surface area contributed by atoms with Crippen molar-refractivity contribution in [1.82, 2.24) is 0 Å². The fourth-order valence-corrected chi connectivity index (χ4v) is 1.48. The molecule has 0 spiro atoms. The largest absolute Gasteiger partial charge is 0.462 e. The van der Waals surface area contributed by atoms with Gasteiger partial charge in [0.15, 0.2) is 0 Å². The molecular weight excluding hydrogens is 208 g/mol. The van der Waals surface area contributed by atoms with Crippen LogP contribution in [0.25, 0.3) is 0 Å². The molecule has 0 saturated heterocycles. The SMILES string of the molecule is CC1COC(=O)c2ccccc2C(=O)OC1. The summed E-state index contributed by atoms with van der Waals surface area (Å²) in [7, 11) is 0. The predicted molar refractivity (Wildman–Crippen MR) is 56.2 cm³/mol. The third-order valence-electron chi connectivity index (χ3n) is 2.36. The summed E-state index contributed by atoms with van der Waals surface area (Å²) in [5.74, 6) is -0.926. The zero-order valence-corrected chi connectivity index (χ0v) is 8.93. The van der Waals surface area contributed by atoms with Gasteiger partial charge in [0.1, 0.15) is 0 Å². The van der Waals surface area contributed by atoms with Crippen molar-refractivity contribution in [1.29, 1.82) is 0 Å². The molecule has 1 heterocycles. The average molecular weight is 220 g/mol. The Balaban J connectivity index is 2.40. The number of hydrogen-bond donors (Lipinski definition) is 0. The maximum atomic E-state index is 11.7. The van der Waals surface area contributed by atoms with Crippen molar-refractivity contribution in [3.63, 3.8) is 0 Å². The second-order valence-corrected chi connectivity index (χ2v) is 3.85. The molecule has 84 valence electrons. The molecular formula is C12H12O4. The van der Waals surface area contributed by atoms with Gasteiger partial charge in [-0.15, -0.1) is 0 Å². The predicted octanol–water partition coefficient (Wildman–Crippen LogP) is 1.65. The summed E-state index contributed by atoms with van der Waals surface area (Å²) >= 11 is 0. The molecule has 0 saturated carbocycles. The lowest BCUT2D eigenvalue weighted by Gasteiger charge is -2.08. The van der Waals surface area contributed by atoms with E-state index in [0.717, 1.165) is 0 Å². The minimum absolute atomic E-state index is 0.0159. The molecule has 1 aromatic rings. The number of fused-ring (bicyclic) bond motifs is 1. The number of carbonyl (C=O) groups excluding carboxylic acids is 2. The van der Waals surface area contributed by atoms with Crippen molar-refractivity contribution in [3.05, 3.63) is 35.4 Å². The quantitative estimate of drug-likeness (QED) is 0.624. The molecule has 1 aromatic carbocycles. The summed E-state index contributed by atoms with van der Waals surface area (Å²) in [6.45, 7) is 2.39. The maximum absolute atomic E-state index is 11.7. The van der Waals surface area contributed by atoms with E-state index in [4.69, 9.17) is 9.47 Å². The first kappa shape index (κ1) is 10.7. The standard InChI is InChI=1S/C12H12O4/c1-8-6-15-11(13)9-4-2-3-5-10(9)12(14)16-7-8/h2-5,8H,6-7H2,1H3. The zero-order valence-electron chi connectivity index (χ0n) is 8.93. The molecule has 0 N–H and O–H groups in total. The van der Waals surface area contributed by atoms with E-state index in [0.29, 0.717) is 0 Å². The van der Waals surface area contributed by atoms with Crippen molar-refractivity contribution >= 4 is 11.9 Å². The molecule has 4 heteroatoms. The highest BCUT2D eigenvalue weighted by atomic mass is 16.5. The summed E-state index contributed by atoms with van der Waals surface area (Å²) in [5.41, 5.74) is 0.531. The van der Waals surface area contributed by atoms with Crippen LogP contribution in [0.2, 0.25) is 0 Å². The Morgan fingerprint density at radius 2 is 1.44 bits per heavy atom. The van der Waals surface area contributed by atoms with Crippen molar-refractivity contribution < 1.29 is 19.1 Å². The highest BCUT2D eigenvalue weighted by Gasteiger charge is 2.22. The number of cyclic esters (lactones) is 2. The van der Waals surface area contributed by atoms with Gasteiger partial charge in [-0.25, -0.2) is 9.59 Å². The first-order valence-electron chi connectivity index (χ1n) is 5.12. The van der Waals surface area contributed by atoms with E-state index < -0.39 is 11.9 Å². The molecule has 0 radical (unpaired) electrons. The smallest absolute Gasteiger partial charge is 0.339 e. The van der Waals surface area contributed by atoms with E-state index in [2.05, 4.69) is 0 Å². The van der Waals surface area contributed by atoms with Crippen molar-refractivity contribution in [2.45, 2.75) is 6.92 Å². The van der Waals surface area contributed by atoms with Crippen molar-refractivity contribution in [2.75, 3.05) is 13.2 Å². The van der Waals surface area contributed by atoms with Crippen molar-refractivity contribution in [2.24, 2.45) is 5.92 Å². The average Bonchev–Trinajstić information content (AvgIpc) is 2.36. The van der Waals surface area contributed by atoms with Gasteiger partial charge in [-0.2, -0.15) is 0 Å². The van der Waals surface area contributed by atoms with Crippen LogP contribution in [0, 0.1) is 5.92 Å². The molecule has 0 aromatic heterocycles. The van der Waals surface area contributed by atoms with Crippen molar-refractivity contribution in [3.8, 4) is 0 Å². The number of carbonyl (C=O) groups is 2. The number of benzene rings is 1. The molecule has 0 unspecified atom stereocenters. The van der Waals surface area contributed by atoms with Gasteiger partial charge in [0.05, 0.1) is 24.3 Å². The molecule has 0 bridgehead atoms. The van der Waals surface area contributed by atoms with Crippen LogP contribution in [-0.4, -0.2) is 25.2 Å². The summed E-state index contributed by atoms with van der Waals surface area (Å²) in [5, 5.41) is 0. The van der Waals surface area contributed by atoms with E-state index in [9.17, 15) is 9.59 Å². The fraction of sp³-hybridized carbons (Fsp3) is 0.333. The van der Waals surface area contributed by atoms with Gasteiger partial charge in [0.25, 0.3) is 0 Å². The normalized spacial score (nSPS) is 17.6. The minimum atomic E-state index is -0.471. The molecule has 1 aliphatic heterocycles. The number of rotatable bonds is 0. The fourth-order valence-electron chi connectivity index (χ4n) is 1.48. The first-order valence-corrected chi connectivity index (χ1v) is 5.12. The Labute approximate surface area is 93.2 Å². The Bertz CT molecular complexity index is 386. The monoisotopic (exact) mass is 220 g/mol. The van der Waals surface area contributed by atoms with Gasteiger partial charge in [-0.3, -0.25) is 0 Å². The van der Waals surface area contributed by atoms with E-state index >= 15 is 0 Å². The maximum Gasteiger partial charge on any atom is 0.339 e. The molecule has 0 amide bonds. The van der Waals surface area contributed by atoms with Crippen LogP contribution in [-0.2, 0) is 9.47 Å². The lowest BCUT2D eigenvalue weighted by atomic mass is 10.1. The van der Waals surface area contributed by atoms with Crippen LogP contribution in [0.1, 0.15) is 27.6 Å². The molecule has 16 heavy (non-hydrogen) atoms. The van der Waals surface area contributed by atoms with Gasteiger partial charge in [-0.05, 0) is 12.1 Å². The van der Waals surface area contributed by atoms with Crippen LogP contribution in [0.3, 0.4) is 0 Å². The summed E-state index contributed by atoms with van der Waals surface area (Å²) in [6.07, 6.45) is 0. The number of hydrogen-bond acceptors (Lipinski definition) is 4. The Morgan fingerprint density at radius 3 is 1.88 bits per heavy atom. The Kier molecular flexibility index (Phi) is 2.90. The number of esters is 2. The molecule has 1 aliphatic rings. The Morgan fingerprint density at radius 1 is 1.00 bits per heavy atom. The van der Waals surface area contributed by atoms with Crippen LogP contribution < -0.4 is 0 Å². The number of ether oxygens (including phenoxy) is 2. The van der Waals surface area contributed by atoms with Gasteiger partial charge in [0, 0.05) is 5.92 Å². The third kappa shape index (κ3) is 2.05. The lowest BCUT2D eigenvalue weighted by molar-refractivity contribution is 0.0322. The van der Waals surface area contributed by atoms with Crippen LogP contribution >= 0.6 is 0 Å². The first-order chi connectivity index (χ1) is 7.68. The van der Waals surface area contributed by atoms with E-state index in [-0.39, 0.29) is 30.3 Å².